The third kappa shape index (κ3) is 2.96. The van der Waals surface area contributed by atoms with Gasteiger partial charge in [-0.2, -0.15) is 0 Å². The summed E-state index contributed by atoms with van der Waals surface area (Å²) in [5, 5.41) is 10.7. The lowest BCUT2D eigenvalue weighted by atomic mass is 10.2. The molecule has 1 rings (SSSR count). The van der Waals surface area contributed by atoms with Gasteiger partial charge < -0.3 is 4.74 Å². The van der Waals surface area contributed by atoms with E-state index in [1.165, 1.54) is 0 Å². The van der Waals surface area contributed by atoms with Gasteiger partial charge in [-0.25, -0.2) is 8.42 Å². The Morgan fingerprint density at radius 1 is 1.50 bits per heavy atom. The second-order valence-corrected chi connectivity index (χ2v) is 5.64. The Labute approximate surface area is 107 Å². The predicted octanol–water partition coefficient (Wildman–Crippen LogP) is 1.73. The number of aldehydes is 1. The third-order valence-electron chi connectivity index (χ3n) is 1.98. The lowest BCUT2D eigenvalue weighted by Gasteiger charge is -2.08. The average molecular weight is 294 g/mol. The van der Waals surface area contributed by atoms with E-state index >= 15 is 0 Å². The van der Waals surface area contributed by atoms with Crippen molar-refractivity contribution < 1.29 is 22.9 Å². The molecule has 0 N–H and O–H groups in total. The van der Waals surface area contributed by atoms with E-state index in [-0.39, 0.29) is 24.2 Å². The molecule has 0 saturated carbocycles. The van der Waals surface area contributed by atoms with Crippen molar-refractivity contribution in [2.24, 2.45) is 0 Å². The molecule has 0 radical (unpaired) electrons. The number of ether oxygens (including phenoxy) is 1. The molecule has 0 aromatic heterocycles. The van der Waals surface area contributed by atoms with Crippen molar-refractivity contribution in [2.75, 3.05) is 6.61 Å². The summed E-state index contributed by atoms with van der Waals surface area (Å²) in [4.78, 5) is 20.1. The van der Waals surface area contributed by atoms with Gasteiger partial charge in [-0.1, -0.05) is 0 Å². The quantitative estimate of drug-likeness (QED) is 0.354. The predicted molar refractivity (Wildman–Crippen MR) is 62.7 cm³/mol. The normalized spacial score (nSPS) is 11.0. The van der Waals surface area contributed by atoms with Crippen LogP contribution in [0.5, 0.6) is 5.75 Å². The molecule has 0 atom stereocenters. The van der Waals surface area contributed by atoms with Crippen LogP contribution in [0.15, 0.2) is 17.0 Å². The Hall–Kier alpha value is -1.67. The lowest BCUT2D eigenvalue weighted by Crippen LogP contribution is -2.04. The van der Waals surface area contributed by atoms with Crippen LogP contribution in [0, 0.1) is 10.1 Å². The van der Waals surface area contributed by atoms with Gasteiger partial charge in [0.1, 0.15) is 10.6 Å². The number of benzene rings is 1. The fourth-order valence-corrected chi connectivity index (χ4v) is 2.34. The molecular weight excluding hydrogens is 286 g/mol. The maximum absolute atomic E-state index is 11.3. The van der Waals surface area contributed by atoms with Crippen LogP contribution in [-0.2, 0) is 9.05 Å². The Bertz CT molecular complexity index is 597. The summed E-state index contributed by atoms with van der Waals surface area (Å²) in [6.45, 7) is 1.70. The number of halogens is 1. The van der Waals surface area contributed by atoms with Crippen LogP contribution in [0.25, 0.3) is 0 Å². The monoisotopic (exact) mass is 293 g/mol. The maximum Gasteiger partial charge on any atom is 0.274 e. The molecule has 18 heavy (non-hydrogen) atoms. The molecule has 1 aromatic rings. The molecule has 0 aliphatic rings. The molecule has 7 nitrogen and oxygen atoms in total. The SMILES string of the molecule is CCOc1cc([N+](=O)[O-])cc(S(=O)(=O)Cl)c1C=O. The van der Waals surface area contributed by atoms with Crippen molar-refractivity contribution in [3.05, 3.63) is 27.8 Å². The van der Waals surface area contributed by atoms with Gasteiger partial charge >= 0.3 is 0 Å². The maximum atomic E-state index is 11.3. The Morgan fingerprint density at radius 2 is 2.11 bits per heavy atom. The highest BCUT2D eigenvalue weighted by atomic mass is 35.7. The van der Waals surface area contributed by atoms with E-state index in [1.807, 2.05) is 0 Å². The van der Waals surface area contributed by atoms with Crippen molar-refractivity contribution in [2.45, 2.75) is 11.8 Å². The van der Waals surface area contributed by atoms with Crippen molar-refractivity contribution in [3.63, 3.8) is 0 Å². The van der Waals surface area contributed by atoms with Gasteiger partial charge in [0.2, 0.25) is 0 Å². The molecule has 98 valence electrons. The second kappa shape index (κ2) is 5.32. The van der Waals surface area contributed by atoms with Gasteiger partial charge in [-0.15, -0.1) is 0 Å². The Balaban J connectivity index is 3.66. The number of carbonyl (C=O) groups is 1. The standard InChI is InChI=1S/C9H8ClNO6S/c1-2-17-8-3-6(11(13)14)4-9(7(8)5-12)18(10,15)16/h3-5H,2H2,1H3. The molecule has 0 heterocycles. The minimum atomic E-state index is -4.29. The molecule has 0 aliphatic heterocycles. The summed E-state index contributed by atoms with van der Waals surface area (Å²) in [5.41, 5.74) is -0.860. The topological polar surface area (TPSA) is 104 Å². The summed E-state index contributed by atoms with van der Waals surface area (Å²) in [5.74, 6) is -0.194. The smallest absolute Gasteiger partial charge is 0.274 e. The van der Waals surface area contributed by atoms with Gasteiger partial charge in [0, 0.05) is 16.7 Å². The minimum absolute atomic E-state index is 0.115. The van der Waals surface area contributed by atoms with Crippen LogP contribution in [0.2, 0.25) is 0 Å². The number of non-ortho nitro benzene ring substituents is 1. The van der Waals surface area contributed by atoms with Crippen molar-refractivity contribution in [1.29, 1.82) is 0 Å². The zero-order valence-electron chi connectivity index (χ0n) is 9.12. The number of rotatable bonds is 5. The van der Waals surface area contributed by atoms with Crippen LogP contribution in [0.1, 0.15) is 17.3 Å². The largest absolute Gasteiger partial charge is 0.493 e. The molecular formula is C9H8ClNO6S. The second-order valence-electron chi connectivity index (χ2n) is 3.10. The molecule has 1 aromatic carbocycles. The Kier molecular flexibility index (Phi) is 4.25. The van der Waals surface area contributed by atoms with E-state index in [0.717, 1.165) is 6.07 Å². The average Bonchev–Trinajstić information content (AvgIpc) is 2.27. The minimum Gasteiger partial charge on any atom is -0.493 e. The van der Waals surface area contributed by atoms with Crippen molar-refractivity contribution >= 4 is 31.7 Å². The first kappa shape index (κ1) is 14.4. The number of nitro groups is 1. The van der Waals surface area contributed by atoms with E-state index < -0.39 is 24.6 Å². The summed E-state index contributed by atoms with van der Waals surface area (Å²) >= 11 is 0. The molecule has 0 fully saturated rings. The van der Waals surface area contributed by atoms with Crippen LogP contribution in [-0.4, -0.2) is 26.2 Å². The highest BCUT2D eigenvalue weighted by molar-refractivity contribution is 8.13. The third-order valence-corrected chi connectivity index (χ3v) is 3.34. The van der Waals surface area contributed by atoms with Crippen LogP contribution < -0.4 is 4.74 Å². The van der Waals surface area contributed by atoms with Gasteiger partial charge in [0.05, 0.1) is 23.2 Å². The fourth-order valence-electron chi connectivity index (χ4n) is 1.29. The van der Waals surface area contributed by atoms with Crippen molar-refractivity contribution in [1.82, 2.24) is 0 Å². The Morgan fingerprint density at radius 3 is 2.50 bits per heavy atom. The van der Waals surface area contributed by atoms with Crippen LogP contribution >= 0.6 is 10.7 Å². The summed E-state index contributed by atoms with van der Waals surface area (Å²) < 4.78 is 27.5. The summed E-state index contributed by atoms with van der Waals surface area (Å²) in [6, 6.07) is 1.69. The molecule has 0 aliphatic carbocycles. The zero-order valence-corrected chi connectivity index (χ0v) is 10.7. The van der Waals surface area contributed by atoms with E-state index in [9.17, 15) is 23.3 Å². The van der Waals surface area contributed by atoms with Gasteiger partial charge in [-0.05, 0) is 6.92 Å². The van der Waals surface area contributed by atoms with Crippen LogP contribution in [0.3, 0.4) is 0 Å². The molecule has 0 bridgehead atoms. The highest BCUT2D eigenvalue weighted by Gasteiger charge is 2.24. The van der Waals surface area contributed by atoms with Crippen molar-refractivity contribution in [3.8, 4) is 5.75 Å². The molecule has 9 heteroatoms. The number of hydrogen-bond donors (Lipinski definition) is 0. The lowest BCUT2D eigenvalue weighted by molar-refractivity contribution is -0.385. The van der Waals surface area contributed by atoms with Crippen LogP contribution in [0.4, 0.5) is 5.69 Å². The fraction of sp³-hybridized carbons (Fsp3) is 0.222. The summed E-state index contributed by atoms with van der Waals surface area (Å²) in [7, 11) is 0.841. The van der Waals surface area contributed by atoms with E-state index in [2.05, 4.69) is 0 Å². The molecule has 0 spiro atoms. The molecule has 0 amide bonds. The number of nitro benzene ring substituents is 1. The first-order chi connectivity index (χ1) is 8.31. The number of hydrogen-bond acceptors (Lipinski definition) is 6. The van der Waals surface area contributed by atoms with Gasteiger partial charge in [-0.3, -0.25) is 14.9 Å². The molecule has 0 unspecified atom stereocenters. The van der Waals surface area contributed by atoms with E-state index in [4.69, 9.17) is 15.4 Å². The number of carbonyl (C=O) groups excluding carboxylic acids is 1. The van der Waals surface area contributed by atoms with Gasteiger partial charge in [0.25, 0.3) is 14.7 Å². The number of nitrogens with zero attached hydrogens (tertiary/aromatic N) is 1. The van der Waals surface area contributed by atoms with E-state index in [0.29, 0.717) is 6.07 Å². The first-order valence-electron chi connectivity index (χ1n) is 4.66. The highest BCUT2D eigenvalue weighted by Crippen LogP contribution is 2.32. The zero-order chi connectivity index (χ0) is 13.9. The summed E-state index contributed by atoms with van der Waals surface area (Å²) in [6.07, 6.45) is 0.226. The first-order valence-corrected chi connectivity index (χ1v) is 6.97. The molecule has 0 saturated heterocycles. The van der Waals surface area contributed by atoms with E-state index in [1.54, 1.807) is 6.92 Å². The van der Waals surface area contributed by atoms with Gasteiger partial charge in [0.15, 0.2) is 6.29 Å².